The van der Waals surface area contributed by atoms with Crippen LogP contribution in [0.2, 0.25) is 0 Å². The quantitative estimate of drug-likeness (QED) is 0.399. The lowest BCUT2D eigenvalue weighted by Crippen LogP contribution is -2.16. The van der Waals surface area contributed by atoms with Crippen molar-refractivity contribution in [2.24, 2.45) is 0 Å². The number of carbonyl (C=O) groups excluding carboxylic acids is 1. The summed E-state index contributed by atoms with van der Waals surface area (Å²) in [4.78, 5) is 10.4. The molecular weight excluding hydrogens is 239 g/mol. The van der Waals surface area contributed by atoms with Crippen LogP contribution in [0, 0.1) is 0 Å². The lowest BCUT2D eigenvalue weighted by Gasteiger charge is -2.23. The largest absolute Gasteiger partial charge is 0.333 e. The van der Waals surface area contributed by atoms with Crippen molar-refractivity contribution in [1.29, 1.82) is 0 Å². The van der Waals surface area contributed by atoms with Crippen molar-refractivity contribution in [1.82, 2.24) is 0 Å². The highest BCUT2D eigenvalue weighted by Gasteiger charge is 2.30. The maximum atomic E-state index is 12.1. The van der Waals surface area contributed by atoms with Crippen LogP contribution in [-0.2, 0) is 18.4 Å². The summed E-state index contributed by atoms with van der Waals surface area (Å²) in [5.41, 5.74) is 0. The molecule has 0 N–H and O–H groups in total. The Labute approximate surface area is 95.8 Å². The average Bonchev–Trinajstić information content (AvgIpc) is 1.99. The normalized spacial score (nSPS) is 14.6. The van der Waals surface area contributed by atoms with Gasteiger partial charge in [-0.05, 0) is 27.7 Å². The summed E-state index contributed by atoms with van der Waals surface area (Å²) in [5.74, 6) is 0. The van der Waals surface area contributed by atoms with Crippen LogP contribution in [0.25, 0.3) is 0 Å². The van der Waals surface area contributed by atoms with Crippen LogP contribution in [0.1, 0.15) is 27.7 Å². The van der Waals surface area contributed by atoms with Gasteiger partial charge in [-0.25, -0.2) is 0 Å². The fourth-order valence-electron chi connectivity index (χ4n) is 1.01. The van der Waals surface area contributed by atoms with E-state index in [1.807, 2.05) is 0 Å². The monoisotopic (exact) mass is 256 g/mol. The third kappa shape index (κ3) is 7.07. The van der Waals surface area contributed by atoms with E-state index in [9.17, 15) is 9.36 Å². The SMILES string of the molecule is CC(C)OP(=O)(CC(Cl)C=O)OC(C)C. The molecule has 0 aliphatic carbocycles. The molecule has 90 valence electrons. The Morgan fingerprint density at radius 1 is 1.20 bits per heavy atom. The molecule has 0 saturated carbocycles. The minimum atomic E-state index is -3.27. The number of alkyl halides is 1. The van der Waals surface area contributed by atoms with Gasteiger partial charge in [-0.1, -0.05) is 0 Å². The third-order valence-corrected chi connectivity index (χ3v) is 4.09. The van der Waals surface area contributed by atoms with E-state index in [0.717, 1.165) is 0 Å². The molecule has 0 aliphatic rings. The molecule has 0 heterocycles. The van der Waals surface area contributed by atoms with Gasteiger partial charge in [0.05, 0.1) is 18.4 Å². The fourth-order valence-corrected chi connectivity index (χ4v) is 3.54. The van der Waals surface area contributed by atoms with Gasteiger partial charge in [0.2, 0.25) is 0 Å². The van der Waals surface area contributed by atoms with Crippen LogP contribution in [0.4, 0.5) is 0 Å². The number of hydrogen-bond acceptors (Lipinski definition) is 4. The Balaban J connectivity index is 4.54. The molecule has 0 radical (unpaired) electrons. The maximum Gasteiger partial charge on any atom is 0.333 e. The molecule has 0 aromatic heterocycles. The smallest absolute Gasteiger partial charge is 0.306 e. The van der Waals surface area contributed by atoms with Crippen LogP contribution in [0.15, 0.2) is 0 Å². The van der Waals surface area contributed by atoms with E-state index in [4.69, 9.17) is 20.6 Å². The van der Waals surface area contributed by atoms with Gasteiger partial charge in [0.25, 0.3) is 0 Å². The molecule has 0 fully saturated rings. The zero-order valence-corrected chi connectivity index (χ0v) is 11.1. The van der Waals surface area contributed by atoms with E-state index in [1.54, 1.807) is 27.7 Å². The molecular formula is C9H18ClO4P. The van der Waals surface area contributed by atoms with Gasteiger partial charge in [0.1, 0.15) is 11.7 Å². The predicted octanol–water partition coefficient (Wildman–Crippen LogP) is 2.84. The van der Waals surface area contributed by atoms with Crippen molar-refractivity contribution < 1.29 is 18.4 Å². The van der Waals surface area contributed by atoms with Crippen LogP contribution in [-0.4, -0.2) is 30.0 Å². The number of aldehydes is 1. The van der Waals surface area contributed by atoms with E-state index in [2.05, 4.69) is 0 Å². The Kier molecular flexibility index (Phi) is 6.69. The standard InChI is InChI=1S/C9H18ClO4P/c1-7(2)13-15(12,14-8(3)4)6-9(10)5-11/h5,7-9H,6H2,1-4H3. The van der Waals surface area contributed by atoms with Gasteiger partial charge in [0, 0.05) is 0 Å². The first kappa shape index (κ1) is 15.1. The second kappa shape index (κ2) is 6.64. The van der Waals surface area contributed by atoms with Gasteiger partial charge in [-0.3, -0.25) is 4.57 Å². The molecule has 0 amide bonds. The summed E-state index contributed by atoms with van der Waals surface area (Å²) < 4.78 is 22.5. The van der Waals surface area contributed by atoms with E-state index in [1.165, 1.54) is 0 Å². The highest BCUT2D eigenvalue weighted by molar-refractivity contribution is 7.54. The fraction of sp³-hybridized carbons (Fsp3) is 0.889. The van der Waals surface area contributed by atoms with Crippen molar-refractivity contribution in [3.05, 3.63) is 0 Å². The van der Waals surface area contributed by atoms with Crippen LogP contribution in [0.5, 0.6) is 0 Å². The molecule has 0 aliphatic heterocycles. The number of carbonyl (C=O) groups is 1. The molecule has 0 bridgehead atoms. The predicted molar refractivity (Wildman–Crippen MR) is 60.6 cm³/mol. The summed E-state index contributed by atoms with van der Waals surface area (Å²) in [7, 11) is -3.27. The topological polar surface area (TPSA) is 52.6 Å². The first-order chi connectivity index (χ1) is 6.79. The Hall–Kier alpha value is 0.110. The summed E-state index contributed by atoms with van der Waals surface area (Å²) in [6.45, 7) is 7.00. The van der Waals surface area contributed by atoms with E-state index >= 15 is 0 Å². The molecule has 6 heteroatoms. The summed E-state index contributed by atoms with van der Waals surface area (Å²) in [5, 5.41) is -0.840. The minimum Gasteiger partial charge on any atom is -0.306 e. The molecule has 0 aromatic carbocycles. The number of halogens is 1. The van der Waals surface area contributed by atoms with Crippen molar-refractivity contribution in [2.75, 3.05) is 6.16 Å². The lowest BCUT2D eigenvalue weighted by molar-refractivity contribution is -0.107. The Morgan fingerprint density at radius 2 is 1.60 bits per heavy atom. The Morgan fingerprint density at radius 3 is 1.87 bits per heavy atom. The Bertz CT molecular complexity index is 228. The van der Waals surface area contributed by atoms with Crippen LogP contribution in [0.3, 0.4) is 0 Å². The van der Waals surface area contributed by atoms with Crippen molar-refractivity contribution in [3.63, 3.8) is 0 Å². The molecule has 0 spiro atoms. The third-order valence-electron chi connectivity index (χ3n) is 1.29. The molecule has 0 saturated heterocycles. The van der Waals surface area contributed by atoms with Gasteiger partial charge >= 0.3 is 7.60 Å². The van der Waals surface area contributed by atoms with E-state index in [-0.39, 0.29) is 18.4 Å². The first-order valence-electron chi connectivity index (χ1n) is 4.84. The van der Waals surface area contributed by atoms with E-state index in [0.29, 0.717) is 6.29 Å². The maximum absolute atomic E-state index is 12.1. The summed E-state index contributed by atoms with van der Waals surface area (Å²) >= 11 is 5.62. The highest BCUT2D eigenvalue weighted by atomic mass is 35.5. The zero-order valence-electron chi connectivity index (χ0n) is 9.47. The minimum absolute atomic E-state index is 0.0889. The second-order valence-corrected chi connectivity index (χ2v) is 6.32. The van der Waals surface area contributed by atoms with Gasteiger partial charge in [-0.2, -0.15) is 0 Å². The molecule has 1 unspecified atom stereocenters. The van der Waals surface area contributed by atoms with Gasteiger partial charge in [0.15, 0.2) is 0 Å². The van der Waals surface area contributed by atoms with Crippen molar-refractivity contribution in [3.8, 4) is 0 Å². The van der Waals surface area contributed by atoms with Gasteiger partial charge in [-0.15, -0.1) is 11.6 Å². The number of rotatable bonds is 7. The highest BCUT2D eigenvalue weighted by Crippen LogP contribution is 2.51. The summed E-state index contributed by atoms with van der Waals surface area (Å²) in [6.07, 6.45) is -0.0223. The van der Waals surface area contributed by atoms with Crippen LogP contribution >= 0.6 is 19.2 Å². The lowest BCUT2D eigenvalue weighted by atomic mass is 10.5. The van der Waals surface area contributed by atoms with Crippen molar-refractivity contribution in [2.45, 2.75) is 45.3 Å². The molecule has 0 rings (SSSR count). The molecule has 1 atom stereocenters. The van der Waals surface area contributed by atoms with Gasteiger partial charge < -0.3 is 13.8 Å². The average molecular weight is 257 g/mol. The first-order valence-corrected chi connectivity index (χ1v) is 7.00. The number of hydrogen-bond donors (Lipinski definition) is 0. The second-order valence-electron chi connectivity index (χ2n) is 3.75. The molecule has 0 aromatic rings. The summed E-state index contributed by atoms with van der Waals surface area (Å²) in [6, 6.07) is 0. The molecule has 4 nitrogen and oxygen atoms in total. The zero-order chi connectivity index (χ0) is 12.1. The van der Waals surface area contributed by atoms with E-state index < -0.39 is 13.0 Å². The molecule has 15 heavy (non-hydrogen) atoms. The van der Waals surface area contributed by atoms with Crippen LogP contribution < -0.4 is 0 Å². The van der Waals surface area contributed by atoms with Crippen molar-refractivity contribution >= 4 is 25.5 Å².